The summed E-state index contributed by atoms with van der Waals surface area (Å²) in [5, 5.41) is 6.70. The van der Waals surface area contributed by atoms with Crippen LogP contribution in [0.4, 0.5) is 0 Å². The predicted octanol–water partition coefficient (Wildman–Crippen LogP) is 6.28. The number of ether oxygens (including phenoxy) is 2. The number of esters is 1. The lowest BCUT2D eigenvalue weighted by Crippen LogP contribution is -2.33. The first-order chi connectivity index (χ1) is 16.9. The second-order valence-electron chi connectivity index (χ2n) is 7.59. The summed E-state index contributed by atoms with van der Waals surface area (Å²) in [5.74, 6) is -0.141. The standard InChI is InChI=1S/C27H20Cl2N2O4/c1-17(34-23-11-9-19-6-2-3-7-20(19)14-23)26(32)31-30-16-18-5-4-8-22(13-18)35-27(33)24-12-10-21(28)15-25(24)29/h2-17H,1H3,(H,31,32)/b30-16+. The molecule has 4 aromatic carbocycles. The zero-order valence-electron chi connectivity index (χ0n) is 18.6. The molecule has 0 saturated carbocycles. The minimum Gasteiger partial charge on any atom is -0.481 e. The number of halogens is 2. The van der Waals surface area contributed by atoms with E-state index in [9.17, 15) is 9.59 Å². The molecule has 0 aromatic heterocycles. The van der Waals surface area contributed by atoms with Gasteiger partial charge in [-0.2, -0.15) is 5.10 Å². The number of amides is 1. The van der Waals surface area contributed by atoms with Gasteiger partial charge in [0.05, 0.1) is 16.8 Å². The molecule has 8 heteroatoms. The number of hydrogen-bond acceptors (Lipinski definition) is 5. The lowest BCUT2D eigenvalue weighted by Gasteiger charge is -2.13. The Bertz CT molecular complexity index is 1420. The Labute approximate surface area is 212 Å². The summed E-state index contributed by atoms with van der Waals surface area (Å²) >= 11 is 11.9. The molecule has 0 fully saturated rings. The van der Waals surface area contributed by atoms with Crippen molar-refractivity contribution in [2.75, 3.05) is 0 Å². The van der Waals surface area contributed by atoms with Crippen LogP contribution < -0.4 is 14.9 Å². The number of benzene rings is 4. The molecule has 0 aliphatic carbocycles. The lowest BCUT2D eigenvalue weighted by molar-refractivity contribution is -0.127. The highest BCUT2D eigenvalue weighted by Gasteiger charge is 2.15. The molecule has 176 valence electrons. The first-order valence-corrected chi connectivity index (χ1v) is 11.4. The maximum absolute atomic E-state index is 12.4. The fraction of sp³-hybridized carbons (Fsp3) is 0.0741. The topological polar surface area (TPSA) is 77.0 Å². The average molecular weight is 507 g/mol. The van der Waals surface area contributed by atoms with Crippen molar-refractivity contribution in [3.8, 4) is 11.5 Å². The second kappa shape index (κ2) is 11.0. The molecular weight excluding hydrogens is 487 g/mol. The quantitative estimate of drug-likeness (QED) is 0.138. The molecule has 1 N–H and O–H groups in total. The van der Waals surface area contributed by atoms with Gasteiger partial charge < -0.3 is 9.47 Å². The van der Waals surface area contributed by atoms with Crippen LogP contribution in [-0.4, -0.2) is 24.2 Å². The fourth-order valence-electron chi connectivity index (χ4n) is 3.24. The number of hydrazone groups is 1. The summed E-state index contributed by atoms with van der Waals surface area (Å²) in [7, 11) is 0. The SMILES string of the molecule is CC(Oc1ccc2ccccc2c1)C(=O)N/N=C/c1cccc(OC(=O)c2ccc(Cl)cc2Cl)c1. The molecule has 1 atom stereocenters. The Kier molecular flexibility index (Phi) is 7.65. The number of carbonyl (C=O) groups excluding carboxylic acids is 2. The molecule has 0 aliphatic rings. The maximum Gasteiger partial charge on any atom is 0.345 e. The van der Waals surface area contributed by atoms with E-state index >= 15 is 0 Å². The maximum atomic E-state index is 12.4. The molecular formula is C27H20Cl2N2O4. The van der Waals surface area contributed by atoms with Gasteiger partial charge >= 0.3 is 5.97 Å². The highest BCUT2D eigenvalue weighted by Crippen LogP contribution is 2.23. The largest absolute Gasteiger partial charge is 0.481 e. The van der Waals surface area contributed by atoms with Crippen LogP contribution in [0.15, 0.2) is 90.0 Å². The van der Waals surface area contributed by atoms with Crippen molar-refractivity contribution in [1.82, 2.24) is 5.43 Å². The minimum atomic E-state index is -0.760. The number of hydrogen-bond donors (Lipinski definition) is 1. The third-order valence-electron chi connectivity index (χ3n) is 5.01. The summed E-state index contributed by atoms with van der Waals surface area (Å²) in [6, 6.07) is 24.7. The van der Waals surface area contributed by atoms with Crippen molar-refractivity contribution < 1.29 is 19.1 Å². The van der Waals surface area contributed by atoms with Gasteiger partial charge in [0, 0.05) is 5.02 Å². The van der Waals surface area contributed by atoms with E-state index in [1.807, 2.05) is 42.5 Å². The van der Waals surface area contributed by atoms with E-state index in [0.717, 1.165) is 10.8 Å². The zero-order valence-corrected chi connectivity index (χ0v) is 20.1. The number of nitrogens with zero attached hydrogens (tertiary/aromatic N) is 1. The van der Waals surface area contributed by atoms with E-state index in [1.54, 1.807) is 37.3 Å². The van der Waals surface area contributed by atoms with E-state index in [1.165, 1.54) is 18.3 Å². The van der Waals surface area contributed by atoms with Crippen molar-refractivity contribution >= 4 is 52.1 Å². The van der Waals surface area contributed by atoms with Crippen LogP contribution in [0, 0.1) is 0 Å². The summed E-state index contributed by atoms with van der Waals surface area (Å²) in [6.45, 7) is 1.64. The van der Waals surface area contributed by atoms with Gasteiger partial charge in [0.25, 0.3) is 5.91 Å². The Morgan fingerprint density at radius 2 is 1.69 bits per heavy atom. The van der Waals surface area contributed by atoms with E-state index < -0.39 is 18.0 Å². The van der Waals surface area contributed by atoms with Crippen LogP contribution in [0.3, 0.4) is 0 Å². The summed E-state index contributed by atoms with van der Waals surface area (Å²) in [6.07, 6.45) is 0.678. The average Bonchev–Trinajstić information content (AvgIpc) is 2.84. The highest BCUT2D eigenvalue weighted by molar-refractivity contribution is 6.36. The normalized spacial score (nSPS) is 11.9. The number of rotatable bonds is 7. The van der Waals surface area contributed by atoms with Gasteiger partial charge in [0.2, 0.25) is 0 Å². The summed E-state index contributed by atoms with van der Waals surface area (Å²) < 4.78 is 11.1. The van der Waals surface area contributed by atoms with Gasteiger partial charge in [-0.05, 0) is 65.7 Å². The Balaban J connectivity index is 1.34. The van der Waals surface area contributed by atoms with E-state index in [-0.39, 0.29) is 10.6 Å². The van der Waals surface area contributed by atoms with Crippen molar-refractivity contribution in [2.45, 2.75) is 13.0 Å². The van der Waals surface area contributed by atoms with E-state index in [2.05, 4.69) is 10.5 Å². The molecule has 4 rings (SSSR count). The van der Waals surface area contributed by atoms with E-state index in [0.29, 0.717) is 22.1 Å². The van der Waals surface area contributed by atoms with Crippen LogP contribution in [-0.2, 0) is 4.79 Å². The Morgan fingerprint density at radius 3 is 2.49 bits per heavy atom. The van der Waals surface area contributed by atoms with Crippen molar-refractivity contribution in [1.29, 1.82) is 0 Å². The van der Waals surface area contributed by atoms with Crippen LogP contribution in [0.5, 0.6) is 11.5 Å². The molecule has 1 unspecified atom stereocenters. The first kappa shape index (κ1) is 24.3. The van der Waals surface area contributed by atoms with Gasteiger partial charge in [0.1, 0.15) is 11.5 Å². The smallest absolute Gasteiger partial charge is 0.345 e. The molecule has 0 bridgehead atoms. The van der Waals surface area contributed by atoms with E-state index in [4.69, 9.17) is 32.7 Å². The van der Waals surface area contributed by atoms with Gasteiger partial charge in [-0.3, -0.25) is 4.79 Å². The molecule has 0 aliphatic heterocycles. The van der Waals surface area contributed by atoms with Crippen molar-refractivity contribution in [3.05, 3.63) is 106 Å². The first-order valence-electron chi connectivity index (χ1n) is 10.6. The van der Waals surface area contributed by atoms with Gasteiger partial charge in [-0.15, -0.1) is 0 Å². The third-order valence-corrected chi connectivity index (χ3v) is 5.56. The minimum absolute atomic E-state index is 0.197. The van der Waals surface area contributed by atoms with Crippen LogP contribution in [0.1, 0.15) is 22.8 Å². The Hall–Kier alpha value is -3.87. The van der Waals surface area contributed by atoms with Crippen LogP contribution in [0.2, 0.25) is 10.0 Å². The van der Waals surface area contributed by atoms with Crippen molar-refractivity contribution in [3.63, 3.8) is 0 Å². The summed E-state index contributed by atoms with van der Waals surface area (Å²) in [5.41, 5.74) is 3.26. The fourth-order valence-corrected chi connectivity index (χ4v) is 3.72. The molecule has 0 radical (unpaired) electrons. The lowest BCUT2D eigenvalue weighted by atomic mass is 10.1. The molecule has 0 spiro atoms. The van der Waals surface area contributed by atoms with Gasteiger partial charge in [-0.25, -0.2) is 10.2 Å². The monoisotopic (exact) mass is 506 g/mol. The van der Waals surface area contributed by atoms with Gasteiger partial charge in [-0.1, -0.05) is 65.7 Å². The highest BCUT2D eigenvalue weighted by atomic mass is 35.5. The van der Waals surface area contributed by atoms with Crippen LogP contribution in [0.25, 0.3) is 10.8 Å². The number of nitrogens with one attached hydrogen (secondary N) is 1. The molecule has 35 heavy (non-hydrogen) atoms. The third kappa shape index (κ3) is 6.38. The molecule has 0 heterocycles. The molecule has 6 nitrogen and oxygen atoms in total. The number of carbonyl (C=O) groups is 2. The predicted molar refractivity (Wildman–Crippen MR) is 138 cm³/mol. The molecule has 4 aromatic rings. The Morgan fingerprint density at radius 1 is 0.886 bits per heavy atom. The van der Waals surface area contributed by atoms with Gasteiger partial charge in [0.15, 0.2) is 6.10 Å². The molecule has 1 amide bonds. The zero-order chi connectivity index (χ0) is 24.8. The van der Waals surface area contributed by atoms with Crippen molar-refractivity contribution in [2.24, 2.45) is 5.10 Å². The number of fused-ring (bicyclic) bond motifs is 1. The molecule has 0 saturated heterocycles. The summed E-state index contributed by atoms with van der Waals surface area (Å²) in [4.78, 5) is 24.8. The van der Waals surface area contributed by atoms with Crippen LogP contribution >= 0.6 is 23.2 Å². The second-order valence-corrected chi connectivity index (χ2v) is 8.43.